The fourth-order valence-electron chi connectivity index (χ4n) is 1.70. The molecule has 2 aromatic carbocycles. The van der Waals surface area contributed by atoms with Crippen LogP contribution in [0.5, 0.6) is 0 Å². The second kappa shape index (κ2) is 6.85. The summed E-state index contributed by atoms with van der Waals surface area (Å²) < 4.78 is 0. The molecule has 2 aromatic rings. The Labute approximate surface area is 116 Å². The maximum Gasteiger partial charge on any atom is 0.404 e. The van der Waals surface area contributed by atoms with E-state index in [2.05, 4.69) is 41.7 Å². The maximum absolute atomic E-state index is 10.3. The van der Waals surface area contributed by atoms with Crippen LogP contribution in [0.2, 0.25) is 0 Å². The first kappa shape index (κ1) is 13.5. The summed E-state index contributed by atoms with van der Waals surface area (Å²) in [7, 11) is 0. The van der Waals surface area contributed by atoms with Crippen LogP contribution in [0.4, 0.5) is 4.79 Å². The molecule has 98 valence electrons. The van der Waals surface area contributed by atoms with Crippen molar-refractivity contribution < 1.29 is 9.90 Å². The molecule has 0 unspecified atom stereocenters. The number of rotatable bonds is 5. The van der Waals surface area contributed by atoms with Gasteiger partial charge in [-0.15, -0.1) is 11.8 Å². The van der Waals surface area contributed by atoms with Gasteiger partial charge in [-0.05, 0) is 23.3 Å². The molecule has 0 saturated heterocycles. The largest absolute Gasteiger partial charge is 0.465 e. The minimum absolute atomic E-state index is 0.459. The Morgan fingerprint density at radius 3 is 2.26 bits per heavy atom. The van der Waals surface area contributed by atoms with E-state index in [4.69, 9.17) is 5.11 Å². The highest BCUT2D eigenvalue weighted by Crippen LogP contribution is 2.23. The van der Waals surface area contributed by atoms with Crippen LogP contribution >= 0.6 is 11.8 Å². The van der Waals surface area contributed by atoms with Gasteiger partial charge in [0.25, 0.3) is 0 Å². The lowest BCUT2D eigenvalue weighted by Crippen LogP contribution is -2.23. The van der Waals surface area contributed by atoms with Crippen LogP contribution in [0, 0.1) is 0 Å². The van der Waals surface area contributed by atoms with Gasteiger partial charge in [0.05, 0.1) is 0 Å². The van der Waals surface area contributed by atoms with E-state index >= 15 is 0 Å². The Morgan fingerprint density at radius 2 is 1.63 bits per heavy atom. The molecule has 19 heavy (non-hydrogen) atoms. The first-order chi connectivity index (χ1) is 9.25. The summed E-state index contributed by atoms with van der Waals surface area (Å²) in [6.07, 6.45) is -0.972. The third kappa shape index (κ3) is 4.34. The first-order valence-electron chi connectivity index (χ1n) is 6.01. The number of benzene rings is 2. The summed E-state index contributed by atoms with van der Waals surface area (Å²) in [5.41, 5.74) is 2.39. The number of amides is 1. The summed E-state index contributed by atoms with van der Waals surface area (Å²) >= 11 is 1.64. The smallest absolute Gasteiger partial charge is 0.404 e. The van der Waals surface area contributed by atoms with E-state index in [1.54, 1.807) is 11.8 Å². The van der Waals surface area contributed by atoms with Gasteiger partial charge in [-0.2, -0.15) is 0 Å². The fourth-order valence-corrected chi connectivity index (χ4v) is 2.47. The van der Waals surface area contributed by atoms with Crippen LogP contribution in [0.15, 0.2) is 59.5 Å². The number of thioether (sulfide) groups is 1. The van der Waals surface area contributed by atoms with Crippen molar-refractivity contribution in [3.05, 3.63) is 54.6 Å². The van der Waals surface area contributed by atoms with Crippen LogP contribution in [0.25, 0.3) is 11.1 Å². The van der Waals surface area contributed by atoms with Crippen molar-refractivity contribution in [3.8, 4) is 11.1 Å². The quantitative estimate of drug-likeness (QED) is 0.645. The number of nitrogens with one attached hydrogen (secondary N) is 1. The number of carbonyl (C=O) groups is 1. The molecule has 4 heteroatoms. The summed E-state index contributed by atoms with van der Waals surface area (Å²) in [5, 5.41) is 10.8. The van der Waals surface area contributed by atoms with Crippen molar-refractivity contribution in [2.45, 2.75) is 4.90 Å². The molecule has 0 aromatic heterocycles. The molecule has 0 bridgehead atoms. The van der Waals surface area contributed by atoms with Crippen molar-refractivity contribution in [2.24, 2.45) is 0 Å². The lowest BCUT2D eigenvalue weighted by Gasteiger charge is -2.04. The van der Waals surface area contributed by atoms with Gasteiger partial charge >= 0.3 is 6.09 Å². The van der Waals surface area contributed by atoms with Gasteiger partial charge in [-0.1, -0.05) is 42.5 Å². The van der Waals surface area contributed by atoms with Crippen LogP contribution in [0.3, 0.4) is 0 Å². The van der Waals surface area contributed by atoms with E-state index in [0.717, 1.165) is 10.6 Å². The Kier molecular flexibility index (Phi) is 4.86. The molecule has 3 nitrogen and oxygen atoms in total. The lowest BCUT2D eigenvalue weighted by molar-refractivity contribution is 0.195. The SMILES string of the molecule is O=C(O)NCCSc1ccc(-c2ccccc2)cc1. The van der Waals surface area contributed by atoms with Gasteiger partial charge in [-0.3, -0.25) is 0 Å². The normalized spacial score (nSPS) is 10.1. The molecule has 0 saturated carbocycles. The molecule has 0 spiro atoms. The summed E-state index contributed by atoms with van der Waals surface area (Å²) in [4.78, 5) is 11.4. The van der Waals surface area contributed by atoms with Gasteiger partial charge in [0.15, 0.2) is 0 Å². The van der Waals surface area contributed by atoms with E-state index in [1.807, 2.05) is 18.2 Å². The standard InChI is InChI=1S/C15H15NO2S/c17-15(18)16-10-11-19-14-8-6-13(7-9-14)12-4-2-1-3-5-12/h1-9,16H,10-11H2,(H,17,18). The van der Waals surface area contributed by atoms with Crippen molar-refractivity contribution in [3.63, 3.8) is 0 Å². The molecule has 0 aliphatic carbocycles. The monoisotopic (exact) mass is 273 g/mol. The van der Waals surface area contributed by atoms with Gasteiger partial charge in [0, 0.05) is 17.2 Å². The van der Waals surface area contributed by atoms with E-state index in [0.29, 0.717) is 6.54 Å². The van der Waals surface area contributed by atoms with Crippen LogP contribution in [-0.2, 0) is 0 Å². The highest BCUT2D eigenvalue weighted by atomic mass is 32.2. The third-order valence-corrected chi connectivity index (χ3v) is 3.62. The second-order valence-electron chi connectivity index (χ2n) is 3.97. The van der Waals surface area contributed by atoms with Crippen LogP contribution < -0.4 is 5.32 Å². The first-order valence-corrected chi connectivity index (χ1v) is 6.99. The zero-order valence-corrected chi connectivity index (χ0v) is 11.2. The molecule has 0 fully saturated rings. The predicted octanol–water partition coefficient (Wildman–Crippen LogP) is 3.71. The van der Waals surface area contributed by atoms with Crippen LogP contribution in [-0.4, -0.2) is 23.5 Å². The van der Waals surface area contributed by atoms with Crippen LogP contribution in [0.1, 0.15) is 0 Å². The van der Waals surface area contributed by atoms with E-state index in [9.17, 15) is 4.79 Å². The average molecular weight is 273 g/mol. The predicted molar refractivity (Wildman–Crippen MR) is 78.6 cm³/mol. The minimum atomic E-state index is -0.972. The van der Waals surface area contributed by atoms with E-state index < -0.39 is 6.09 Å². The number of carboxylic acid groups (broad SMARTS) is 1. The van der Waals surface area contributed by atoms with Crippen molar-refractivity contribution in [2.75, 3.05) is 12.3 Å². The highest BCUT2D eigenvalue weighted by molar-refractivity contribution is 7.99. The number of hydrogen-bond acceptors (Lipinski definition) is 2. The summed E-state index contributed by atoms with van der Waals surface area (Å²) in [6.45, 7) is 0.459. The molecular weight excluding hydrogens is 258 g/mol. The zero-order chi connectivity index (χ0) is 13.5. The van der Waals surface area contributed by atoms with Gasteiger partial charge in [-0.25, -0.2) is 4.79 Å². The maximum atomic E-state index is 10.3. The van der Waals surface area contributed by atoms with Crippen molar-refractivity contribution in [1.29, 1.82) is 0 Å². The Bertz CT molecular complexity index is 526. The number of hydrogen-bond donors (Lipinski definition) is 2. The average Bonchev–Trinajstić information content (AvgIpc) is 2.45. The molecule has 0 aliphatic rings. The Balaban J connectivity index is 1.90. The topological polar surface area (TPSA) is 49.3 Å². The lowest BCUT2D eigenvalue weighted by atomic mass is 10.1. The van der Waals surface area contributed by atoms with Crippen molar-refractivity contribution in [1.82, 2.24) is 5.32 Å². The fraction of sp³-hybridized carbons (Fsp3) is 0.133. The third-order valence-electron chi connectivity index (χ3n) is 2.61. The van der Waals surface area contributed by atoms with Gasteiger partial charge in [0.2, 0.25) is 0 Å². The molecule has 0 radical (unpaired) electrons. The molecular formula is C15H15NO2S. The molecule has 1 amide bonds. The zero-order valence-electron chi connectivity index (χ0n) is 10.4. The van der Waals surface area contributed by atoms with Gasteiger partial charge in [0.1, 0.15) is 0 Å². The Hall–Kier alpha value is -1.94. The summed E-state index contributed by atoms with van der Waals surface area (Å²) in [5.74, 6) is 0.733. The minimum Gasteiger partial charge on any atom is -0.465 e. The molecule has 0 aliphatic heterocycles. The second-order valence-corrected chi connectivity index (χ2v) is 5.14. The summed E-state index contributed by atoms with van der Waals surface area (Å²) in [6, 6.07) is 18.5. The van der Waals surface area contributed by atoms with E-state index in [1.165, 1.54) is 11.1 Å². The molecule has 2 N–H and O–H groups in total. The highest BCUT2D eigenvalue weighted by Gasteiger charge is 1.99. The van der Waals surface area contributed by atoms with Crippen molar-refractivity contribution >= 4 is 17.9 Å². The van der Waals surface area contributed by atoms with Gasteiger partial charge < -0.3 is 10.4 Å². The van der Waals surface area contributed by atoms with E-state index in [-0.39, 0.29) is 0 Å². The molecule has 0 heterocycles. The molecule has 2 rings (SSSR count). The molecule has 0 atom stereocenters. The Morgan fingerprint density at radius 1 is 1.00 bits per heavy atom.